The van der Waals surface area contributed by atoms with Gasteiger partial charge in [0.2, 0.25) is 0 Å². The van der Waals surface area contributed by atoms with Gasteiger partial charge in [0, 0.05) is 24.2 Å². The van der Waals surface area contributed by atoms with Crippen molar-refractivity contribution in [2.45, 2.75) is 13.8 Å². The number of nitrogens with zero attached hydrogens (tertiary/aromatic N) is 1. The number of hydrogen-bond acceptors (Lipinski definition) is 3. The van der Waals surface area contributed by atoms with Gasteiger partial charge in [-0.15, -0.1) is 12.4 Å². The molecule has 2 rings (SSSR count). The zero-order valence-corrected chi connectivity index (χ0v) is 17.2. The van der Waals surface area contributed by atoms with Gasteiger partial charge in [0.1, 0.15) is 0 Å². The van der Waals surface area contributed by atoms with Gasteiger partial charge in [0.25, 0.3) is 11.8 Å². The molecular formula is C20H25Cl2N3O2. The van der Waals surface area contributed by atoms with Gasteiger partial charge in [0.15, 0.2) is 0 Å². The molecule has 0 saturated carbocycles. The summed E-state index contributed by atoms with van der Waals surface area (Å²) in [5.41, 5.74) is 6.94. The molecule has 27 heavy (non-hydrogen) atoms. The van der Waals surface area contributed by atoms with E-state index < -0.39 is 0 Å². The quantitative estimate of drug-likeness (QED) is 0.754. The molecule has 0 saturated heterocycles. The summed E-state index contributed by atoms with van der Waals surface area (Å²) in [4.78, 5) is 26.9. The van der Waals surface area contributed by atoms with E-state index in [1.54, 1.807) is 60.5 Å². The number of nitrogens with one attached hydrogen (secondary N) is 1. The number of amides is 2. The summed E-state index contributed by atoms with van der Waals surface area (Å²) in [6.45, 7) is 5.00. The normalized spacial score (nSPS) is 10.7. The van der Waals surface area contributed by atoms with Gasteiger partial charge < -0.3 is 16.0 Å². The van der Waals surface area contributed by atoms with Gasteiger partial charge in [-0.2, -0.15) is 0 Å². The third-order valence-corrected chi connectivity index (χ3v) is 4.33. The van der Waals surface area contributed by atoms with Gasteiger partial charge in [-0.1, -0.05) is 37.6 Å². The van der Waals surface area contributed by atoms with Crippen molar-refractivity contribution in [3.05, 3.63) is 64.7 Å². The summed E-state index contributed by atoms with van der Waals surface area (Å²) in [5.74, 6) is -0.467. The molecule has 2 amide bonds. The van der Waals surface area contributed by atoms with E-state index in [0.29, 0.717) is 34.9 Å². The lowest BCUT2D eigenvalue weighted by molar-refractivity contribution is 0.0741. The Morgan fingerprint density at radius 3 is 2.30 bits per heavy atom. The lowest BCUT2D eigenvalue weighted by atomic mass is 9.93. The van der Waals surface area contributed by atoms with Crippen molar-refractivity contribution in [3.63, 3.8) is 0 Å². The highest BCUT2D eigenvalue weighted by molar-refractivity contribution is 6.30. The van der Waals surface area contributed by atoms with Crippen LogP contribution in [0.1, 0.15) is 34.6 Å². The van der Waals surface area contributed by atoms with Crippen molar-refractivity contribution in [2.75, 3.05) is 25.5 Å². The summed E-state index contributed by atoms with van der Waals surface area (Å²) in [7, 11) is 1.73. The van der Waals surface area contributed by atoms with E-state index in [9.17, 15) is 9.59 Å². The lowest BCUT2D eigenvalue weighted by Gasteiger charge is -2.29. The van der Waals surface area contributed by atoms with Gasteiger partial charge in [-0.3, -0.25) is 9.59 Å². The van der Waals surface area contributed by atoms with Gasteiger partial charge >= 0.3 is 0 Å². The number of hydrogen-bond donors (Lipinski definition) is 2. The molecule has 0 aliphatic rings. The number of carbonyl (C=O) groups excluding carboxylic acids is 2. The fourth-order valence-corrected chi connectivity index (χ4v) is 2.68. The first-order valence-corrected chi connectivity index (χ1v) is 8.73. The predicted molar refractivity (Wildman–Crippen MR) is 113 cm³/mol. The van der Waals surface area contributed by atoms with Gasteiger partial charge in [-0.25, -0.2) is 0 Å². The Morgan fingerprint density at radius 2 is 1.70 bits per heavy atom. The first kappa shape index (κ1) is 23.0. The minimum atomic E-state index is -0.299. The van der Waals surface area contributed by atoms with Crippen LogP contribution in [0.15, 0.2) is 48.5 Å². The lowest BCUT2D eigenvalue weighted by Crippen LogP contribution is -2.40. The summed E-state index contributed by atoms with van der Waals surface area (Å²) < 4.78 is 0. The Balaban J connectivity index is 0.00000364. The molecule has 5 nitrogen and oxygen atoms in total. The molecule has 0 radical (unpaired) electrons. The van der Waals surface area contributed by atoms with Crippen LogP contribution < -0.4 is 11.1 Å². The van der Waals surface area contributed by atoms with Crippen LogP contribution in [-0.4, -0.2) is 36.9 Å². The van der Waals surface area contributed by atoms with E-state index in [4.69, 9.17) is 17.3 Å². The molecular weight excluding hydrogens is 385 g/mol. The van der Waals surface area contributed by atoms with Crippen molar-refractivity contribution >= 4 is 41.5 Å². The molecule has 0 spiro atoms. The average molecular weight is 410 g/mol. The number of anilines is 1. The third-order valence-electron chi connectivity index (χ3n) is 4.08. The number of carbonyl (C=O) groups is 2. The largest absolute Gasteiger partial charge is 0.341 e. The van der Waals surface area contributed by atoms with Crippen LogP contribution in [0.25, 0.3) is 0 Å². The maximum Gasteiger partial charge on any atom is 0.255 e. The Labute approximate surface area is 171 Å². The maximum atomic E-state index is 12.8. The zero-order chi connectivity index (χ0) is 19.3. The van der Waals surface area contributed by atoms with E-state index in [2.05, 4.69) is 5.32 Å². The van der Waals surface area contributed by atoms with Gasteiger partial charge in [-0.05, 0) is 48.4 Å². The third kappa shape index (κ3) is 6.24. The second kappa shape index (κ2) is 9.74. The minimum Gasteiger partial charge on any atom is -0.341 e. The van der Waals surface area contributed by atoms with E-state index in [1.807, 2.05) is 13.8 Å². The number of rotatable bonds is 6. The minimum absolute atomic E-state index is 0. The van der Waals surface area contributed by atoms with Crippen molar-refractivity contribution in [1.29, 1.82) is 0 Å². The molecule has 7 heteroatoms. The van der Waals surface area contributed by atoms with Crippen LogP contribution in [0.2, 0.25) is 5.02 Å². The van der Waals surface area contributed by atoms with E-state index in [0.717, 1.165) is 0 Å². The molecule has 146 valence electrons. The summed E-state index contributed by atoms with van der Waals surface area (Å²) in [6.07, 6.45) is 0. The van der Waals surface area contributed by atoms with Crippen LogP contribution >= 0.6 is 24.0 Å². The summed E-state index contributed by atoms with van der Waals surface area (Å²) in [5, 5.41) is 3.36. The van der Waals surface area contributed by atoms with Crippen LogP contribution in [0, 0.1) is 5.41 Å². The monoisotopic (exact) mass is 409 g/mol. The molecule has 0 unspecified atom stereocenters. The fourth-order valence-electron chi connectivity index (χ4n) is 2.56. The van der Waals surface area contributed by atoms with E-state index in [-0.39, 0.29) is 29.6 Å². The fraction of sp³-hybridized carbons (Fsp3) is 0.300. The number of nitrogens with two attached hydrogens (primary N) is 1. The summed E-state index contributed by atoms with van der Waals surface area (Å²) in [6, 6.07) is 13.5. The first-order chi connectivity index (χ1) is 12.2. The average Bonchev–Trinajstić information content (AvgIpc) is 2.61. The molecule has 3 N–H and O–H groups in total. The van der Waals surface area contributed by atoms with Crippen LogP contribution in [0.3, 0.4) is 0 Å². The second-order valence-corrected chi connectivity index (χ2v) is 7.47. The molecule has 0 aliphatic carbocycles. The Kier molecular flexibility index (Phi) is 8.28. The molecule has 0 aromatic heterocycles. The van der Waals surface area contributed by atoms with Crippen molar-refractivity contribution in [3.8, 4) is 0 Å². The Bertz CT molecular complexity index is 792. The highest BCUT2D eigenvalue weighted by atomic mass is 35.5. The molecule has 0 atom stereocenters. The standard InChI is InChI=1S/C20H24ClN3O2.ClH/c1-20(2,12-22)13-24(3)19(26)16-6-4-5-7-17(16)23-18(25)14-8-10-15(21)11-9-14;/h4-11H,12-13,22H2,1-3H3,(H,23,25);1H. The highest BCUT2D eigenvalue weighted by Gasteiger charge is 2.23. The molecule has 2 aromatic carbocycles. The summed E-state index contributed by atoms with van der Waals surface area (Å²) >= 11 is 5.85. The van der Waals surface area contributed by atoms with Crippen molar-refractivity contribution < 1.29 is 9.59 Å². The Hall–Kier alpha value is -2.08. The topological polar surface area (TPSA) is 75.4 Å². The van der Waals surface area contributed by atoms with E-state index in [1.165, 1.54) is 0 Å². The number of benzene rings is 2. The second-order valence-electron chi connectivity index (χ2n) is 7.04. The van der Waals surface area contributed by atoms with E-state index >= 15 is 0 Å². The maximum absolute atomic E-state index is 12.8. The molecule has 2 aromatic rings. The first-order valence-electron chi connectivity index (χ1n) is 8.35. The van der Waals surface area contributed by atoms with Crippen molar-refractivity contribution in [1.82, 2.24) is 4.90 Å². The molecule has 0 heterocycles. The van der Waals surface area contributed by atoms with Crippen LogP contribution in [0.4, 0.5) is 5.69 Å². The Morgan fingerprint density at radius 1 is 1.11 bits per heavy atom. The predicted octanol–water partition coefficient (Wildman–Crippen LogP) is 4.07. The van der Waals surface area contributed by atoms with Crippen molar-refractivity contribution in [2.24, 2.45) is 11.1 Å². The SMILES string of the molecule is CN(CC(C)(C)CN)C(=O)c1ccccc1NC(=O)c1ccc(Cl)cc1.Cl. The molecule has 0 aliphatic heterocycles. The number of halogens is 2. The highest BCUT2D eigenvalue weighted by Crippen LogP contribution is 2.21. The van der Waals surface area contributed by atoms with Gasteiger partial charge in [0.05, 0.1) is 11.3 Å². The van der Waals surface area contributed by atoms with Crippen LogP contribution in [0.5, 0.6) is 0 Å². The zero-order valence-electron chi connectivity index (χ0n) is 15.7. The smallest absolute Gasteiger partial charge is 0.255 e. The molecule has 0 bridgehead atoms. The van der Waals surface area contributed by atoms with Crippen LogP contribution in [-0.2, 0) is 0 Å². The molecule has 0 fully saturated rings. The number of para-hydroxylation sites is 1.